The predicted octanol–water partition coefficient (Wildman–Crippen LogP) is 1.19. The van der Waals surface area contributed by atoms with Crippen LogP contribution < -0.4 is 22.9 Å². The van der Waals surface area contributed by atoms with E-state index >= 15 is 0 Å². The second kappa shape index (κ2) is 18.4. The highest BCUT2D eigenvalue weighted by Gasteiger charge is 2.42. The van der Waals surface area contributed by atoms with Crippen LogP contribution in [0.15, 0.2) is 79.1 Å². The lowest BCUT2D eigenvalue weighted by Gasteiger charge is -2.39. The molecule has 3 heterocycles. The molecule has 0 aliphatic heterocycles. The van der Waals surface area contributed by atoms with Gasteiger partial charge in [-0.25, -0.2) is 14.3 Å². The van der Waals surface area contributed by atoms with Gasteiger partial charge in [0.2, 0.25) is 0 Å². The Morgan fingerprint density at radius 1 is 0.567 bits per heavy atom. The van der Waals surface area contributed by atoms with Crippen molar-refractivity contribution in [2.24, 2.45) is 22.9 Å². The van der Waals surface area contributed by atoms with Gasteiger partial charge in [-0.3, -0.25) is 0 Å². The lowest BCUT2D eigenvalue weighted by Crippen LogP contribution is -2.62. The number of unbranched alkanes of at least 4 members (excludes halogenated alkanes) is 2. The molecule has 0 radical (unpaired) electrons. The van der Waals surface area contributed by atoms with E-state index in [4.69, 9.17) is 37.4 Å². The molecule has 12 N–H and O–H groups in total. The van der Waals surface area contributed by atoms with Crippen molar-refractivity contribution >= 4 is 21.7 Å². The number of aliphatic hydroxyl groups is 4. The highest BCUT2D eigenvalue weighted by atomic mass is 16.5. The summed E-state index contributed by atoms with van der Waals surface area (Å²) in [6.45, 7) is 0.791. The first-order valence-corrected chi connectivity index (χ1v) is 20.8. The molecule has 0 saturated heterocycles. The van der Waals surface area contributed by atoms with Gasteiger partial charge in [-0.05, 0) is 81.0 Å². The summed E-state index contributed by atoms with van der Waals surface area (Å²) < 4.78 is 15.3. The molecule has 60 heavy (non-hydrogen) atoms. The Kier molecular flexibility index (Phi) is 12.9. The van der Waals surface area contributed by atoms with Gasteiger partial charge in [0.15, 0.2) is 0 Å². The van der Waals surface area contributed by atoms with E-state index in [1.54, 1.807) is 9.36 Å². The maximum atomic E-state index is 10.4. The van der Waals surface area contributed by atoms with Crippen LogP contribution in [0.2, 0.25) is 0 Å². The van der Waals surface area contributed by atoms with Crippen molar-refractivity contribution in [1.29, 1.82) is 0 Å². The molecule has 17 nitrogen and oxygen atoms in total. The van der Waals surface area contributed by atoms with E-state index in [9.17, 15) is 20.4 Å². The summed E-state index contributed by atoms with van der Waals surface area (Å²) in [6, 6.07) is 20.5. The van der Waals surface area contributed by atoms with E-state index in [1.165, 1.54) is 0 Å². The van der Waals surface area contributed by atoms with Crippen LogP contribution in [0.4, 0.5) is 0 Å². The van der Waals surface area contributed by atoms with Gasteiger partial charge in [-0.15, -0.1) is 10.2 Å². The molecule has 2 saturated carbocycles. The van der Waals surface area contributed by atoms with E-state index in [2.05, 4.69) is 51.0 Å². The standard InChI is InChI=1S/C43H55N11O6/c44-32-20-34(46)42(40(57)38(32)55)59-16-6-4-10-25-22-53(51-49-25)27-12-14-29-30-15-13-28(19-36(30)48-37(31(29)18-27)24-8-2-1-3-9-24)54-23-26(50-52-54)11-5-7-17-60-43-35(47)21-33(45)39(56)41(43)58/h1-3,8-9,12-15,18-19,22-23,32-35,38-43,55-58H,4-7,10-11,16-17,20-21,44-47H2/t32-,33-,34+,35+,38+,39+,40-,41-,42-,43-/m1/s1. The lowest BCUT2D eigenvalue weighted by atomic mass is 9.85. The Balaban J connectivity index is 0.927. The number of aromatic nitrogens is 7. The summed E-state index contributed by atoms with van der Waals surface area (Å²) in [5.41, 5.74) is 30.0. The summed E-state index contributed by atoms with van der Waals surface area (Å²) in [5.74, 6) is 0. The van der Waals surface area contributed by atoms with Crippen LogP contribution in [0.3, 0.4) is 0 Å². The fraction of sp³-hybridized carbons (Fsp3) is 0.465. The number of aryl methyl sites for hydroxylation is 2. The van der Waals surface area contributed by atoms with Gasteiger partial charge in [-0.2, -0.15) is 0 Å². The highest BCUT2D eigenvalue weighted by molar-refractivity contribution is 6.11. The van der Waals surface area contributed by atoms with Crippen molar-refractivity contribution in [1.82, 2.24) is 35.0 Å². The number of nitrogens with two attached hydrogens (primary N) is 4. The van der Waals surface area contributed by atoms with Crippen LogP contribution in [0.1, 0.15) is 49.9 Å². The SMILES string of the molecule is N[C@@H]1C[C@H](N)[C@@H](OCCCCc2cn(-c3ccc4c(c3)nc(-c3ccccc3)c3cc(-n5cc(CCCCO[C@H]6[C@H](O)[C@@H](O)[C@H](N)C[C@@H]6N)nn5)ccc34)nn2)[C@H](O)[C@H]1O. The molecule has 6 aromatic rings. The molecule has 3 aromatic carbocycles. The molecule has 8 rings (SSSR count). The van der Waals surface area contributed by atoms with Gasteiger partial charge in [0.25, 0.3) is 0 Å². The molecule has 3 aromatic heterocycles. The van der Waals surface area contributed by atoms with Gasteiger partial charge in [0.05, 0.1) is 58.6 Å². The third-order valence-corrected chi connectivity index (χ3v) is 11.9. The number of hydrogen-bond acceptors (Lipinski definition) is 15. The molecule has 2 fully saturated rings. The number of hydrogen-bond donors (Lipinski definition) is 8. The summed E-state index contributed by atoms with van der Waals surface area (Å²) in [7, 11) is 0. The zero-order valence-electron chi connectivity index (χ0n) is 33.4. The Bertz CT molecular complexity index is 2360. The van der Waals surface area contributed by atoms with Crippen LogP contribution in [0.25, 0.3) is 44.3 Å². The van der Waals surface area contributed by atoms with Crippen molar-refractivity contribution in [2.75, 3.05) is 13.2 Å². The first-order valence-electron chi connectivity index (χ1n) is 20.8. The number of nitrogens with zero attached hydrogens (tertiary/aromatic N) is 7. The fourth-order valence-electron chi connectivity index (χ4n) is 8.44. The second-order valence-corrected chi connectivity index (χ2v) is 16.2. The van der Waals surface area contributed by atoms with Crippen molar-refractivity contribution in [3.8, 4) is 22.6 Å². The van der Waals surface area contributed by atoms with Crippen LogP contribution in [-0.4, -0.2) is 129 Å². The summed E-state index contributed by atoms with van der Waals surface area (Å²) >= 11 is 0. The second-order valence-electron chi connectivity index (χ2n) is 16.2. The summed E-state index contributed by atoms with van der Waals surface area (Å²) in [5, 5.41) is 61.7. The molecule has 10 atom stereocenters. The van der Waals surface area contributed by atoms with Crippen molar-refractivity contribution < 1.29 is 29.9 Å². The van der Waals surface area contributed by atoms with Crippen molar-refractivity contribution in [3.63, 3.8) is 0 Å². The van der Waals surface area contributed by atoms with Crippen LogP contribution in [0, 0.1) is 0 Å². The molecule has 0 amide bonds. The summed E-state index contributed by atoms with van der Waals surface area (Å²) in [4.78, 5) is 5.22. The minimum Gasteiger partial charge on any atom is -0.389 e. The van der Waals surface area contributed by atoms with E-state index in [1.807, 2.05) is 48.8 Å². The first-order chi connectivity index (χ1) is 29.0. The average Bonchev–Trinajstić information content (AvgIpc) is 3.94. The maximum Gasteiger partial charge on any atom is 0.109 e. The van der Waals surface area contributed by atoms with Crippen LogP contribution >= 0.6 is 0 Å². The third-order valence-electron chi connectivity index (χ3n) is 11.9. The van der Waals surface area contributed by atoms with E-state index in [-0.39, 0.29) is 0 Å². The van der Waals surface area contributed by atoms with Crippen LogP contribution in [0.5, 0.6) is 0 Å². The zero-order valence-corrected chi connectivity index (χ0v) is 33.4. The van der Waals surface area contributed by atoms with Crippen LogP contribution in [-0.2, 0) is 22.3 Å². The maximum absolute atomic E-state index is 10.4. The smallest absolute Gasteiger partial charge is 0.109 e. The number of pyridine rings is 1. The molecular formula is C43H55N11O6. The Morgan fingerprint density at radius 2 is 1.08 bits per heavy atom. The normalized spacial score (nSPS) is 27.2. The van der Waals surface area contributed by atoms with Crippen molar-refractivity contribution in [3.05, 3.63) is 90.5 Å². The van der Waals surface area contributed by atoms with Gasteiger partial charge >= 0.3 is 0 Å². The van der Waals surface area contributed by atoms with E-state index < -0.39 is 60.8 Å². The summed E-state index contributed by atoms with van der Waals surface area (Å²) in [6.07, 6.45) is 3.47. The lowest BCUT2D eigenvalue weighted by molar-refractivity contribution is -0.127. The fourth-order valence-corrected chi connectivity index (χ4v) is 8.44. The molecule has 318 valence electrons. The van der Waals surface area contributed by atoms with Gasteiger partial charge in [-0.1, -0.05) is 52.9 Å². The highest BCUT2D eigenvalue weighted by Crippen LogP contribution is 2.35. The number of benzene rings is 3. The molecule has 0 spiro atoms. The first kappa shape index (κ1) is 41.9. The zero-order chi connectivity index (χ0) is 41.9. The number of ether oxygens (including phenoxy) is 2. The quantitative estimate of drug-likeness (QED) is 0.0534. The Labute approximate surface area is 347 Å². The van der Waals surface area contributed by atoms with E-state index in [0.717, 1.165) is 81.4 Å². The molecule has 2 aliphatic carbocycles. The Morgan fingerprint density at radius 3 is 1.63 bits per heavy atom. The number of aliphatic hydroxyl groups excluding tert-OH is 4. The number of rotatable bonds is 15. The average molecular weight is 822 g/mol. The molecule has 0 bridgehead atoms. The van der Waals surface area contributed by atoms with Gasteiger partial charge in [0, 0.05) is 53.7 Å². The topological polar surface area (TPSA) is 278 Å². The molecule has 2 aliphatic rings. The minimum atomic E-state index is -1.11. The molecule has 0 unspecified atom stereocenters. The van der Waals surface area contributed by atoms with Gasteiger partial charge < -0.3 is 52.8 Å². The molecular weight excluding hydrogens is 767 g/mol. The van der Waals surface area contributed by atoms with E-state index in [0.29, 0.717) is 38.9 Å². The predicted molar refractivity (Wildman–Crippen MR) is 225 cm³/mol. The monoisotopic (exact) mass is 821 g/mol. The largest absolute Gasteiger partial charge is 0.389 e. The van der Waals surface area contributed by atoms with Gasteiger partial charge in [0.1, 0.15) is 24.4 Å². The van der Waals surface area contributed by atoms with Crippen molar-refractivity contribution in [2.45, 2.75) is 112 Å². The minimum absolute atomic E-state index is 0.392. The number of fused-ring (bicyclic) bond motifs is 3. The molecule has 17 heteroatoms. The third kappa shape index (κ3) is 8.96. The Hall–Kier alpha value is -4.79.